The Morgan fingerprint density at radius 1 is 1.06 bits per heavy atom. The van der Waals surface area contributed by atoms with Crippen LogP contribution in [0.5, 0.6) is 0 Å². The van der Waals surface area contributed by atoms with Gasteiger partial charge in [-0.15, -0.1) is 0 Å². The van der Waals surface area contributed by atoms with Gasteiger partial charge in [-0.05, 0) is 35.9 Å². The van der Waals surface area contributed by atoms with Crippen molar-refractivity contribution in [2.45, 2.75) is 25.8 Å². The summed E-state index contributed by atoms with van der Waals surface area (Å²) in [6.07, 6.45) is 3.80. The SMILES string of the molecule is Clc1cccc(Cl)c1CNCCCCCI. The molecular weight excluding hydrogens is 356 g/mol. The second-order valence-electron chi connectivity index (χ2n) is 3.63. The van der Waals surface area contributed by atoms with Crippen molar-refractivity contribution in [2.24, 2.45) is 0 Å². The van der Waals surface area contributed by atoms with Crippen molar-refractivity contribution in [3.8, 4) is 0 Å². The molecule has 0 atom stereocenters. The van der Waals surface area contributed by atoms with E-state index in [0.717, 1.165) is 28.7 Å². The van der Waals surface area contributed by atoms with Crippen LogP contribution in [0.2, 0.25) is 10.0 Å². The van der Waals surface area contributed by atoms with E-state index in [0.29, 0.717) is 0 Å². The number of hydrogen-bond donors (Lipinski definition) is 1. The van der Waals surface area contributed by atoms with Crippen molar-refractivity contribution in [1.82, 2.24) is 5.32 Å². The Kier molecular flexibility index (Phi) is 7.79. The average Bonchev–Trinajstić information content (AvgIpc) is 2.26. The first kappa shape index (κ1) is 14.6. The Balaban J connectivity index is 2.26. The van der Waals surface area contributed by atoms with Crippen molar-refractivity contribution >= 4 is 45.8 Å². The van der Waals surface area contributed by atoms with Gasteiger partial charge in [-0.2, -0.15) is 0 Å². The highest BCUT2D eigenvalue weighted by atomic mass is 127. The minimum absolute atomic E-state index is 0.743. The van der Waals surface area contributed by atoms with Gasteiger partial charge in [0.05, 0.1) is 0 Å². The van der Waals surface area contributed by atoms with E-state index in [9.17, 15) is 0 Å². The zero-order valence-electron chi connectivity index (χ0n) is 9.11. The second kappa shape index (κ2) is 8.56. The highest BCUT2D eigenvalue weighted by molar-refractivity contribution is 14.1. The molecule has 0 aliphatic carbocycles. The van der Waals surface area contributed by atoms with Crippen LogP contribution < -0.4 is 5.32 Å². The van der Waals surface area contributed by atoms with Crippen LogP contribution in [-0.4, -0.2) is 11.0 Å². The van der Waals surface area contributed by atoms with Crippen molar-refractivity contribution in [3.63, 3.8) is 0 Å². The van der Waals surface area contributed by atoms with Gasteiger partial charge in [-0.25, -0.2) is 0 Å². The molecule has 16 heavy (non-hydrogen) atoms. The molecule has 0 fully saturated rings. The first-order valence-corrected chi connectivity index (χ1v) is 7.73. The number of alkyl halides is 1. The summed E-state index contributed by atoms with van der Waals surface area (Å²) in [7, 11) is 0. The van der Waals surface area contributed by atoms with E-state index in [1.807, 2.05) is 18.2 Å². The smallest absolute Gasteiger partial charge is 0.0465 e. The Hall–Kier alpha value is 0.490. The molecule has 1 rings (SSSR count). The predicted molar refractivity (Wildman–Crippen MR) is 80.9 cm³/mol. The molecule has 0 saturated heterocycles. The molecule has 1 aromatic rings. The van der Waals surface area contributed by atoms with Gasteiger partial charge in [0.25, 0.3) is 0 Å². The zero-order chi connectivity index (χ0) is 11.8. The molecule has 0 spiro atoms. The van der Waals surface area contributed by atoms with Crippen LogP contribution in [0.3, 0.4) is 0 Å². The summed E-state index contributed by atoms with van der Waals surface area (Å²) in [4.78, 5) is 0. The highest BCUT2D eigenvalue weighted by Crippen LogP contribution is 2.23. The van der Waals surface area contributed by atoms with Crippen LogP contribution in [-0.2, 0) is 6.54 Å². The van der Waals surface area contributed by atoms with Crippen LogP contribution in [0.15, 0.2) is 18.2 Å². The number of nitrogens with one attached hydrogen (secondary N) is 1. The molecule has 0 unspecified atom stereocenters. The molecular formula is C12H16Cl2IN. The van der Waals surface area contributed by atoms with Gasteiger partial charge in [0.2, 0.25) is 0 Å². The zero-order valence-corrected chi connectivity index (χ0v) is 12.8. The molecule has 0 bridgehead atoms. The quantitative estimate of drug-likeness (QED) is 0.416. The Morgan fingerprint density at radius 3 is 2.38 bits per heavy atom. The third-order valence-corrected chi connectivity index (χ3v) is 3.82. The molecule has 4 heteroatoms. The summed E-state index contributed by atoms with van der Waals surface area (Å²) < 4.78 is 1.24. The number of unbranched alkanes of at least 4 members (excludes halogenated alkanes) is 2. The molecule has 0 saturated carbocycles. The number of halogens is 3. The lowest BCUT2D eigenvalue weighted by Gasteiger charge is -2.08. The van der Waals surface area contributed by atoms with E-state index in [1.54, 1.807) is 0 Å². The van der Waals surface area contributed by atoms with Crippen molar-refractivity contribution in [2.75, 3.05) is 11.0 Å². The Labute approximate surface area is 121 Å². The van der Waals surface area contributed by atoms with Gasteiger partial charge in [0.15, 0.2) is 0 Å². The van der Waals surface area contributed by atoms with Crippen molar-refractivity contribution in [1.29, 1.82) is 0 Å². The van der Waals surface area contributed by atoms with Gasteiger partial charge in [0, 0.05) is 22.2 Å². The molecule has 1 N–H and O–H groups in total. The summed E-state index contributed by atoms with van der Waals surface area (Å²) >= 11 is 14.5. The average molecular weight is 372 g/mol. The standard InChI is InChI=1S/C12H16Cl2IN/c13-11-5-4-6-12(14)10(11)9-16-8-3-1-2-7-15/h4-6,16H,1-3,7-9H2. The van der Waals surface area contributed by atoms with Crippen LogP contribution in [0.1, 0.15) is 24.8 Å². The largest absolute Gasteiger partial charge is 0.313 e. The van der Waals surface area contributed by atoms with Gasteiger partial charge >= 0.3 is 0 Å². The van der Waals surface area contributed by atoms with Crippen molar-refractivity contribution < 1.29 is 0 Å². The molecule has 1 aromatic carbocycles. The van der Waals surface area contributed by atoms with E-state index in [2.05, 4.69) is 27.9 Å². The molecule has 1 nitrogen and oxygen atoms in total. The first-order chi connectivity index (χ1) is 7.75. The number of hydrogen-bond acceptors (Lipinski definition) is 1. The second-order valence-corrected chi connectivity index (χ2v) is 5.52. The van der Waals surface area contributed by atoms with Gasteiger partial charge < -0.3 is 5.32 Å². The summed E-state index contributed by atoms with van der Waals surface area (Å²) in [5.41, 5.74) is 1.000. The third kappa shape index (κ3) is 5.21. The van der Waals surface area contributed by atoms with Gasteiger partial charge in [0.1, 0.15) is 0 Å². The highest BCUT2D eigenvalue weighted by Gasteiger charge is 2.03. The van der Waals surface area contributed by atoms with E-state index in [4.69, 9.17) is 23.2 Å². The maximum Gasteiger partial charge on any atom is 0.0465 e. The topological polar surface area (TPSA) is 12.0 Å². The van der Waals surface area contributed by atoms with Crippen LogP contribution in [0.4, 0.5) is 0 Å². The van der Waals surface area contributed by atoms with Crippen molar-refractivity contribution in [3.05, 3.63) is 33.8 Å². The monoisotopic (exact) mass is 371 g/mol. The summed E-state index contributed by atoms with van der Waals surface area (Å²) in [6.45, 7) is 1.78. The lowest BCUT2D eigenvalue weighted by Crippen LogP contribution is -2.15. The van der Waals surface area contributed by atoms with Crippen LogP contribution >= 0.6 is 45.8 Å². The Bertz CT molecular complexity index is 298. The lowest BCUT2D eigenvalue weighted by molar-refractivity contribution is 0.620. The summed E-state index contributed by atoms with van der Waals surface area (Å²) in [5, 5.41) is 4.86. The van der Waals surface area contributed by atoms with Crippen LogP contribution in [0, 0.1) is 0 Å². The van der Waals surface area contributed by atoms with E-state index < -0.39 is 0 Å². The van der Waals surface area contributed by atoms with E-state index in [-0.39, 0.29) is 0 Å². The predicted octanol–water partition coefficient (Wildman–Crippen LogP) is 4.69. The fourth-order valence-electron chi connectivity index (χ4n) is 1.44. The molecule has 0 aromatic heterocycles. The number of rotatable bonds is 7. The van der Waals surface area contributed by atoms with Crippen LogP contribution in [0.25, 0.3) is 0 Å². The van der Waals surface area contributed by atoms with E-state index in [1.165, 1.54) is 23.7 Å². The molecule has 0 heterocycles. The molecule has 0 radical (unpaired) electrons. The summed E-state index contributed by atoms with van der Waals surface area (Å²) in [5.74, 6) is 0. The van der Waals surface area contributed by atoms with E-state index >= 15 is 0 Å². The Morgan fingerprint density at radius 2 is 1.75 bits per heavy atom. The fourth-order valence-corrected chi connectivity index (χ4v) is 2.51. The maximum atomic E-state index is 6.07. The molecule has 0 aliphatic rings. The lowest BCUT2D eigenvalue weighted by atomic mass is 10.2. The summed E-state index contributed by atoms with van der Waals surface area (Å²) in [6, 6.07) is 5.62. The van der Waals surface area contributed by atoms with Gasteiger partial charge in [-0.3, -0.25) is 0 Å². The molecule has 0 amide bonds. The van der Waals surface area contributed by atoms with Gasteiger partial charge in [-0.1, -0.05) is 58.3 Å². The molecule has 90 valence electrons. The minimum atomic E-state index is 0.743. The maximum absolute atomic E-state index is 6.07. The third-order valence-electron chi connectivity index (χ3n) is 2.35. The fraction of sp³-hybridized carbons (Fsp3) is 0.500. The minimum Gasteiger partial charge on any atom is -0.313 e. The first-order valence-electron chi connectivity index (χ1n) is 5.45. The normalized spacial score (nSPS) is 10.7. The molecule has 0 aliphatic heterocycles. The number of benzene rings is 1.